The lowest BCUT2D eigenvalue weighted by Crippen LogP contribution is -2.31. The second-order valence-electron chi connectivity index (χ2n) is 13.2. The molecular formula is C41H41N4+. The Morgan fingerprint density at radius 3 is 1.67 bits per heavy atom. The fourth-order valence-corrected chi connectivity index (χ4v) is 6.10. The highest BCUT2D eigenvalue weighted by Gasteiger charge is 2.22. The minimum absolute atomic E-state index is 0.201. The molecule has 6 rings (SSSR count). The number of rotatable bonds is 5. The van der Waals surface area contributed by atoms with Gasteiger partial charge in [-0.1, -0.05) is 106 Å². The number of hydrogen-bond donors (Lipinski definition) is 0. The van der Waals surface area contributed by atoms with Gasteiger partial charge in [0.05, 0.1) is 0 Å². The molecule has 0 spiro atoms. The van der Waals surface area contributed by atoms with Gasteiger partial charge in [0, 0.05) is 33.7 Å². The largest absolute Gasteiger partial charge is 0.213 e. The monoisotopic (exact) mass is 589 g/mol. The molecule has 0 aliphatic heterocycles. The first-order valence-electron chi connectivity index (χ1n) is 15.6. The summed E-state index contributed by atoms with van der Waals surface area (Å²) in [6, 6.07) is 34.3. The molecule has 4 heteroatoms. The molecule has 6 aromatic rings. The Bertz CT molecular complexity index is 1990. The minimum atomic E-state index is -0.201. The second kappa shape index (κ2) is 11.9. The van der Waals surface area contributed by atoms with E-state index in [2.05, 4.69) is 133 Å². The number of aromatic nitrogens is 4. The molecule has 2 aromatic heterocycles. The Kier molecular flexibility index (Phi) is 7.92. The molecule has 4 aromatic carbocycles. The van der Waals surface area contributed by atoms with Crippen LogP contribution in [0.3, 0.4) is 0 Å². The lowest BCUT2D eigenvalue weighted by Gasteiger charge is -2.18. The second-order valence-corrected chi connectivity index (χ2v) is 13.2. The van der Waals surface area contributed by atoms with Gasteiger partial charge in [0.15, 0.2) is 17.8 Å². The van der Waals surface area contributed by atoms with Crippen LogP contribution < -0.4 is 4.57 Å². The van der Waals surface area contributed by atoms with Crippen molar-refractivity contribution in [3.05, 3.63) is 131 Å². The van der Waals surface area contributed by atoms with E-state index in [1.165, 1.54) is 55.8 Å². The summed E-state index contributed by atoms with van der Waals surface area (Å²) < 4.78 is 2.24. The average molecular weight is 590 g/mol. The molecule has 0 aliphatic carbocycles. The van der Waals surface area contributed by atoms with Gasteiger partial charge in [-0.25, -0.2) is 19.5 Å². The summed E-state index contributed by atoms with van der Waals surface area (Å²) in [5.74, 6) is 2.18. The van der Waals surface area contributed by atoms with E-state index in [9.17, 15) is 0 Å². The van der Waals surface area contributed by atoms with E-state index in [0.717, 1.165) is 17.0 Å². The predicted molar refractivity (Wildman–Crippen MR) is 186 cm³/mol. The first-order chi connectivity index (χ1) is 21.5. The van der Waals surface area contributed by atoms with Crippen molar-refractivity contribution in [1.29, 1.82) is 0 Å². The smallest absolute Gasteiger partial charge is 0.212 e. The van der Waals surface area contributed by atoms with Crippen molar-refractivity contribution in [2.24, 2.45) is 7.05 Å². The molecule has 0 atom stereocenters. The highest BCUT2D eigenvalue weighted by atomic mass is 15.0. The molecule has 0 bridgehead atoms. The number of nitrogens with zero attached hydrogens (tertiary/aromatic N) is 4. The van der Waals surface area contributed by atoms with E-state index in [0.29, 0.717) is 11.6 Å². The van der Waals surface area contributed by atoms with Gasteiger partial charge >= 0.3 is 0 Å². The molecule has 4 nitrogen and oxygen atoms in total. The van der Waals surface area contributed by atoms with Crippen molar-refractivity contribution in [2.45, 2.75) is 53.9 Å². The molecule has 0 amide bonds. The Hall–Kier alpha value is -4.96. The molecule has 0 N–H and O–H groups in total. The van der Waals surface area contributed by atoms with Gasteiger partial charge in [-0.3, -0.25) is 0 Å². The third-order valence-electron chi connectivity index (χ3n) is 8.51. The number of aryl methyl sites for hydroxylation is 5. The summed E-state index contributed by atoms with van der Waals surface area (Å²) in [4.78, 5) is 14.6. The van der Waals surface area contributed by atoms with Crippen molar-refractivity contribution in [2.75, 3.05) is 0 Å². The quantitative estimate of drug-likeness (QED) is 0.188. The summed E-state index contributed by atoms with van der Waals surface area (Å²) in [6.45, 7) is 15.3. The standard InChI is InChI=1S/C41H41N4/c1-26-14-12-13-17-34(26)36-24-35(29(4)25-45(36)8)37-27(2)22-33(23-28(37)3)30-18-20-32(21-19-30)39-42-38(31-15-10-9-11-16-31)43-40(44-39)41(5,6)7/h9-25H,1-8H3/q+1. The molecule has 0 unspecified atom stereocenters. The predicted octanol–water partition coefficient (Wildman–Crippen LogP) is 9.56. The van der Waals surface area contributed by atoms with Crippen LogP contribution in [0.4, 0.5) is 0 Å². The maximum Gasteiger partial charge on any atom is 0.213 e. The van der Waals surface area contributed by atoms with Crippen molar-refractivity contribution in [3.63, 3.8) is 0 Å². The molecule has 0 saturated heterocycles. The van der Waals surface area contributed by atoms with Crippen molar-refractivity contribution >= 4 is 0 Å². The average Bonchev–Trinajstić information content (AvgIpc) is 3.02. The maximum absolute atomic E-state index is 4.90. The first-order valence-corrected chi connectivity index (χ1v) is 15.6. The Labute approximate surface area is 267 Å². The van der Waals surface area contributed by atoms with Crippen molar-refractivity contribution < 1.29 is 4.57 Å². The fourth-order valence-electron chi connectivity index (χ4n) is 6.10. The highest BCUT2D eigenvalue weighted by Crippen LogP contribution is 2.36. The van der Waals surface area contributed by atoms with E-state index in [4.69, 9.17) is 15.0 Å². The molecule has 224 valence electrons. The number of pyridine rings is 1. The van der Waals surface area contributed by atoms with Gasteiger partial charge in [-0.2, -0.15) is 0 Å². The van der Waals surface area contributed by atoms with Gasteiger partial charge in [0.2, 0.25) is 5.69 Å². The van der Waals surface area contributed by atoms with Gasteiger partial charge in [-0.15, -0.1) is 0 Å². The zero-order chi connectivity index (χ0) is 31.9. The van der Waals surface area contributed by atoms with Crippen LogP contribution in [-0.4, -0.2) is 15.0 Å². The Balaban J connectivity index is 1.37. The molecule has 0 aliphatic rings. The van der Waals surface area contributed by atoms with Crippen LogP contribution in [0.5, 0.6) is 0 Å². The SMILES string of the molecule is Cc1c[n+](C)c(-c2ccccc2C)cc1-c1c(C)cc(-c2ccc(-c3nc(-c4ccccc4)nc(C(C)(C)C)n3)cc2)cc1C. The van der Waals surface area contributed by atoms with Gasteiger partial charge < -0.3 is 0 Å². The fraction of sp³-hybridized carbons (Fsp3) is 0.220. The van der Waals surface area contributed by atoms with E-state index in [1.807, 2.05) is 30.3 Å². The normalized spacial score (nSPS) is 11.6. The van der Waals surface area contributed by atoms with Crippen LogP contribution in [0.15, 0.2) is 103 Å². The molecule has 0 radical (unpaired) electrons. The molecule has 45 heavy (non-hydrogen) atoms. The van der Waals surface area contributed by atoms with Crippen LogP contribution in [0.2, 0.25) is 0 Å². The summed E-state index contributed by atoms with van der Waals surface area (Å²) in [7, 11) is 2.13. The molecule has 2 heterocycles. The maximum atomic E-state index is 4.90. The molecule has 0 fully saturated rings. The van der Waals surface area contributed by atoms with E-state index in [-0.39, 0.29) is 5.41 Å². The van der Waals surface area contributed by atoms with Gasteiger partial charge in [0.1, 0.15) is 12.9 Å². The van der Waals surface area contributed by atoms with Crippen LogP contribution in [-0.2, 0) is 12.5 Å². The summed E-state index contributed by atoms with van der Waals surface area (Å²) >= 11 is 0. The summed E-state index contributed by atoms with van der Waals surface area (Å²) in [5.41, 5.74) is 14.3. The van der Waals surface area contributed by atoms with Gasteiger partial charge in [0.25, 0.3) is 0 Å². The number of benzene rings is 4. The number of hydrogen-bond acceptors (Lipinski definition) is 3. The zero-order valence-electron chi connectivity index (χ0n) is 27.6. The van der Waals surface area contributed by atoms with Crippen LogP contribution >= 0.6 is 0 Å². The minimum Gasteiger partial charge on any atom is -0.212 e. The van der Waals surface area contributed by atoms with E-state index < -0.39 is 0 Å². The Morgan fingerprint density at radius 2 is 1.07 bits per heavy atom. The lowest BCUT2D eigenvalue weighted by molar-refractivity contribution is -0.660. The Morgan fingerprint density at radius 1 is 0.511 bits per heavy atom. The van der Waals surface area contributed by atoms with E-state index in [1.54, 1.807) is 0 Å². The highest BCUT2D eigenvalue weighted by molar-refractivity contribution is 5.80. The van der Waals surface area contributed by atoms with E-state index >= 15 is 0 Å². The lowest BCUT2D eigenvalue weighted by atomic mass is 9.89. The van der Waals surface area contributed by atoms with Crippen LogP contribution in [0, 0.1) is 27.7 Å². The third-order valence-corrected chi connectivity index (χ3v) is 8.51. The third kappa shape index (κ3) is 6.06. The van der Waals surface area contributed by atoms with Crippen molar-refractivity contribution in [1.82, 2.24) is 15.0 Å². The summed E-state index contributed by atoms with van der Waals surface area (Å²) in [5, 5.41) is 0. The topological polar surface area (TPSA) is 42.5 Å². The first kappa shape index (κ1) is 30.1. The zero-order valence-corrected chi connectivity index (χ0v) is 27.6. The van der Waals surface area contributed by atoms with Gasteiger partial charge in [-0.05, 0) is 72.7 Å². The van der Waals surface area contributed by atoms with Crippen molar-refractivity contribution in [3.8, 4) is 56.3 Å². The van der Waals surface area contributed by atoms with Crippen LogP contribution in [0.25, 0.3) is 56.3 Å². The molecular weight excluding hydrogens is 548 g/mol. The molecule has 0 saturated carbocycles. The van der Waals surface area contributed by atoms with Crippen LogP contribution in [0.1, 0.15) is 48.8 Å². The summed E-state index contributed by atoms with van der Waals surface area (Å²) in [6.07, 6.45) is 2.25.